The van der Waals surface area contributed by atoms with Crippen LogP contribution in [0.25, 0.3) is 0 Å². The normalized spacial score (nSPS) is 34.0. The van der Waals surface area contributed by atoms with Gasteiger partial charge in [-0.25, -0.2) is 4.79 Å². The van der Waals surface area contributed by atoms with E-state index in [9.17, 15) is 4.79 Å². The van der Waals surface area contributed by atoms with Gasteiger partial charge in [0.05, 0.1) is 0 Å². The number of benzene rings is 1. The summed E-state index contributed by atoms with van der Waals surface area (Å²) in [6, 6.07) is 9.54. The SMILES string of the molecule is CC1(C)C2CCC(C2)C1(C)NC(=O)Nc1ccccc1. The lowest BCUT2D eigenvalue weighted by Crippen LogP contribution is -2.60. The molecular weight excluding hydrogens is 248 g/mol. The van der Waals surface area contributed by atoms with E-state index in [1.807, 2.05) is 30.3 Å². The van der Waals surface area contributed by atoms with E-state index in [4.69, 9.17) is 0 Å². The largest absolute Gasteiger partial charge is 0.332 e. The molecule has 0 saturated heterocycles. The summed E-state index contributed by atoms with van der Waals surface area (Å²) in [6.45, 7) is 6.83. The molecule has 2 aliphatic carbocycles. The molecule has 0 aromatic heterocycles. The molecule has 0 radical (unpaired) electrons. The number of urea groups is 1. The average molecular weight is 272 g/mol. The highest BCUT2D eigenvalue weighted by molar-refractivity contribution is 5.89. The number of rotatable bonds is 2. The van der Waals surface area contributed by atoms with Crippen LogP contribution in [-0.4, -0.2) is 11.6 Å². The molecule has 0 spiro atoms. The van der Waals surface area contributed by atoms with E-state index in [1.54, 1.807) is 0 Å². The molecule has 108 valence electrons. The number of para-hydroxylation sites is 1. The zero-order chi connectivity index (χ0) is 14.4. The number of nitrogens with one attached hydrogen (secondary N) is 2. The summed E-state index contributed by atoms with van der Waals surface area (Å²) in [5.41, 5.74) is 0.910. The van der Waals surface area contributed by atoms with E-state index in [-0.39, 0.29) is 17.0 Å². The highest BCUT2D eigenvalue weighted by Crippen LogP contribution is 2.61. The zero-order valence-electron chi connectivity index (χ0n) is 12.6. The first-order valence-corrected chi connectivity index (χ1v) is 7.58. The molecule has 2 aliphatic rings. The van der Waals surface area contributed by atoms with Crippen LogP contribution in [0.15, 0.2) is 30.3 Å². The average Bonchev–Trinajstić information content (AvgIpc) is 2.94. The van der Waals surface area contributed by atoms with Crippen LogP contribution in [0.2, 0.25) is 0 Å². The first-order valence-electron chi connectivity index (χ1n) is 7.58. The van der Waals surface area contributed by atoms with Crippen LogP contribution >= 0.6 is 0 Å². The van der Waals surface area contributed by atoms with Crippen LogP contribution in [0.4, 0.5) is 10.5 Å². The summed E-state index contributed by atoms with van der Waals surface area (Å²) in [4.78, 5) is 12.3. The Morgan fingerprint density at radius 2 is 1.75 bits per heavy atom. The topological polar surface area (TPSA) is 41.1 Å². The lowest BCUT2D eigenvalue weighted by atomic mass is 9.64. The molecule has 2 N–H and O–H groups in total. The molecule has 0 heterocycles. The number of hydrogen-bond donors (Lipinski definition) is 2. The van der Waals surface area contributed by atoms with Gasteiger partial charge in [-0.3, -0.25) is 0 Å². The van der Waals surface area contributed by atoms with Crippen molar-refractivity contribution in [3.8, 4) is 0 Å². The maximum atomic E-state index is 12.3. The monoisotopic (exact) mass is 272 g/mol. The van der Waals surface area contributed by atoms with E-state index in [1.165, 1.54) is 19.3 Å². The minimum absolute atomic E-state index is 0.0840. The predicted octanol–water partition coefficient (Wildman–Crippen LogP) is 4.02. The fourth-order valence-corrected chi connectivity index (χ4v) is 4.29. The van der Waals surface area contributed by atoms with Crippen molar-refractivity contribution in [3.63, 3.8) is 0 Å². The molecule has 2 saturated carbocycles. The number of amides is 2. The summed E-state index contributed by atoms with van der Waals surface area (Å²) < 4.78 is 0. The van der Waals surface area contributed by atoms with Crippen molar-refractivity contribution in [1.82, 2.24) is 5.32 Å². The summed E-state index contributed by atoms with van der Waals surface area (Å²) in [5, 5.41) is 6.22. The summed E-state index contributed by atoms with van der Waals surface area (Å²) in [7, 11) is 0. The van der Waals surface area contributed by atoms with Gasteiger partial charge in [0.1, 0.15) is 0 Å². The highest BCUT2D eigenvalue weighted by Gasteiger charge is 2.60. The molecule has 3 nitrogen and oxygen atoms in total. The third-order valence-electron chi connectivity index (χ3n) is 6.01. The number of hydrogen-bond acceptors (Lipinski definition) is 1. The second-order valence-electron chi connectivity index (χ2n) is 7.08. The number of fused-ring (bicyclic) bond motifs is 2. The van der Waals surface area contributed by atoms with Crippen LogP contribution in [-0.2, 0) is 0 Å². The maximum absolute atomic E-state index is 12.3. The van der Waals surface area contributed by atoms with Gasteiger partial charge in [0, 0.05) is 11.2 Å². The first kappa shape index (κ1) is 13.5. The fourth-order valence-electron chi connectivity index (χ4n) is 4.29. The van der Waals surface area contributed by atoms with Crippen molar-refractivity contribution in [2.24, 2.45) is 17.3 Å². The first-order chi connectivity index (χ1) is 9.43. The van der Waals surface area contributed by atoms with Crippen molar-refractivity contribution in [3.05, 3.63) is 30.3 Å². The van der Waals surface area contributed by atoms with E-state index in [0.717, 1.165) is 11.6 Å². The van der Waals surface area contributed by atoms with Crippen molar-refractivity contribution in [2.75, 3.05) is 5.32 Å². The van der Waals surface area contributed by atoms with Gasteiger partial charge in [-0.1, -0.05) is 32.0 Å². The number of anilines is 1. The van der Waals surface area contributed by atoms with Gasteiger partial charge in [0.15, 0.2) is 0 Å². The Kier molecular flexibility index (Phi) is 3.03. The maximum Gasteiger partial charge on any atom is 0.319 e. The molecule has 0 aliphatic heterocycles. The van der Waals surface area contributed by atoms with Gasteiger partial charge >= 0.3 is 6.03 Å². The molecule has 3 heteroatoms. The molecule has 2 fully saturated rings. The van der Waals surface area contributed by atoms with Crippen LogP contribution in [0.3, 0.4) is 0 Å². The number of carbonyl (C=O) groups excluding carboxylic acids is 1. The summed E-state index contributed by atoms with van der Waals surface area (Å²) in [5.74, 6) is 1.36. The van der Waals surface area contributed by atoms with Gasteiger partial charge < -0.3 is 10.6 Å². The third kappa shape index (κ3) is 1.91. The Morgan fingerprint density at radius 3 is 2.35 bits per heavy atom. The van der Waals surface area contributed by atoms with E-state index >= 15 is 0 Å². The van der Waals surface area contributed by atoms with E-state index < -0.39 is 0 Å². The Balaban J connectivity index is 1.72. The molecule has 1 aromatic carbocycles. The minimum atomic E-state index is -0.102. The second-order valence-corrected chi connectivity index (χ2v) is 7.08. The predicted molar refractivity (Wildman–Crippen MR) is 81.6 cm³/mol. The van der Waals surface area contributed by atoms with Gasteiger partial charge in [-0.2, -0.15) is 0 Å². The Hall–Kier alpha value is -1.51. The quantitative estimate of drug-likeness (QED) is 0.838. The van der Waals surface area contributed by atoms with Gasteiger partial charge in [0.2, 0.25) is 0 Å². The molecule has 1 aromatic rings. The Morgan fingerprint density at radius 1 is 1.10 bits per heavy atom. The van der Waals surface area contributed by atoms with E-state index in [0.29, 0.717) is 5.92 Å². The third-order valence-corrected chi connectivity index (χ3v) is 6.01. The molecule has 3 rings (SSSR count). The van der Waals surface area contributed by atoms with E-state index in [2.05, 4.69) is 31.4 Å². The lowest BCUT2D eigenvalue weighted by Gasteiger charge is -2.48. The standard InChI is InChI=1S/C17H24N2O/c1-16(2)12-9-10-13(11-12)17(16,3)19-15(20)18-14-7-5-4-6-8-14/h4-8,12-13H,9-11H2,1-3H3,(H2,18,19,20). The molecule has 2 amide bonds. The molecule has 3 unspecified atom stereocenters. The van der Waals surface area contributed by atoms with Crippen molar-refractivity contribution < 1.29 is 4.79 Å². The van der Waals surface area contributed by atoms with Crippen molar-refractivity contribution in [2.45, 2.75) is 45.6 Å². The number of carbonyl (C=O) groups is 1. The van der Waals surface area contributed by atoms with Gasteiger partial charge in [0.25, 0.3) is 0 Å². The van der Waals surface area contributed by atoms with Crippen molar-refractivity contribution in [1.29, 1.82) is 0 Å². The van der Waals surface area contributed by atoms with Crippen molar-refractivity contribution >= 4 is 11.7 Å². The molecular formula is C17H24N2O. The molecule has 3 atom stereocenters. The van der Waals surface area contributed by atoms with Gasteiger partial charge in [-0.05, 0) is 55.6 Å². The highest BCUT2D eigenvalue weighted by atomic mass is 16.2. The van der Waals surface area contributed by atoms with Gasteiger partial charge in [-0.15, -0.1) is 0 Å². The lowest BCUT2D eigenvalue weighted by molar-refractivity contribution is 0.0760. The summed E-state index contributed by atoms with van der Waals surface area (Å²) >= 11 is 0. The Bertz CT molecular complexity index is 511. The smallest absolute Gasteiger partial charge is 0.319 e. The van der Waals surface area contributed by atoms with Crippen LogP contribution in [0.5, 0.6) is 0 Å². The summed E-state index contributed by atoms with van der Waals surface area (Å²) in [6.07, 6.45) is 3.82. The Labute approximate surface area is 121 Å². The minimum Gasteiger partial charge on any atom is -0.332 e. The zero-order valence-corrected chi connectivity index (χ0v) is 12.6. The van der Waals surface area contributed by atoms with Crippen LogP contribution in [0, 0.1) is 17.3 Å². The second kappa shape index (κ2) is 4.51. The van der Waals surface area contributed by atoms with Crippen LogP contribution in [0.1, 0.15) is 40.0 Å². The molecule has 20 heavy (non-hydrogen) atoms. The fraction of sp³-hybridized carbons (Fsp3) is 0.588. The van der Waals surface area contributed by atoms with Crippen LogP contribution < -0.4 is 10.6 Å². The molecule has 2 bridgehead atoms.